The van der Waals surface area contributed by atoms with Crippen LogP contribution in [0.1, 0.15) is 71.6 Å². The molecule has 128 valence electrons. The maximum absolute atomic E-state index is 12.6. The summed E-state index contributed by atoms with van der Waals surface area (Å²) in [4.78, 5) is 12.6. The van der Waals surface area contributed by atoms with Crippen molar-refractivity contribution in [2.45, 2.75) is 71.6 Å². The number of hydrogen-bond acceptors (Lipinski definition) is 2. The molecular formula is C21H32O2. The van der Waals surface area contributed by atoms with Gasteiger partial charge in [-0.05, 0) is 86.9 Å². The van der Waals surface area contributed by atoms with Crippen molar-refractivity contribution in [2.24, 2.45) is 34.0 Å². The quantitative estimate of drug-likeness (QED) is 0.495. The Morgan fingerprint density at radius 2 is 1.91 bits per heavy atom. The van der Waals surface area contributed by atoms with E-state index in [2.05, 4.69) is 20.4 Å². The highest BCUT2D eigenvalue weighted by Crippen LogP contribution is 2.72. The molecular weight excluding hydrogens is 284 g/mol. The van der Waals surface area contributed by atoms with Gasteiger partial charge >= 0.3 is 5.97 Å². The summed E-state index contributed by atoms with van der Waals surface area (Å²) in [6.07, 6.45) is 11.3. The average Bonchev–Trinajstić information content (AvgIpc) is 2.75. The first-order chi connectivity index (χ1) is 10.9. The first-order valence-corrected chi connectivity index (χ1v) is 9.62. The number of allylic oxidation sites excluding steroid dienone is 1. The number of ether oxygens (including phenoxy) is 1. The molecule has 0 amide bonds. The molecule has 1 spiro atoms. The summed E-state index contributed by atoms with van der Waals surface area (Å²) in [6.45, 7) is 9.12. The smallest absolute Gasteiger partial charge is 0.311 e. The molecule has 0 N–H and O–H groups in total. The third-order valence-electron chi connectivity index (χ3n) is 8.71. The van der Waals surface area contributed by atoms with E-state index in [1.54, 1.807) is 7.11 Å². The van der Waals surface area contributed by atoms with E-state index in [1.807, 2.05) is 0 Å². The van der Waals surface area contributed by atoms with Gasteiger partial charge in [-0.2, -0.15) is 0 Å². The average molecular weight is 316 g/mol. The molecule has 23 heavy (non-hydrogen) atoms. The standard InChI is InChI=1S/C21H32O2/c1-14-12-21-11-8-16-19(2,17(21)7-6-15(14)13-21)9-5-10-20(16,3)18(22)23-4/h15-17H,1,5-13H2,2-4H3/t15?,16?,17?,19-,20-,21-/m1/s1. The zero-order valence-corrected chi connectivity index (χ0v) is 15.1. The second-order valence-electron chi connectivity index (χ2n) is 9.59. The predicted molar refractivity (Wildman–Crippen MR) is 91.8 cm³/mol. The van der Waals surface area contributed by atoms with Gasteiger partial charge in [-0.1, -0.05) is 25.5 Å². The van der Waals surface area contributed by atoms with Gasteiger partial charge in [0.1, 0.15) is 0 Å². The largest absolute Gasteiger partial charge is 0.469 e. The molecule has 4 aliphatic carbocycles. The van der Waals surface area contributed by atoms with Crippen LogP contribution in [0.25, 0.3) is 0 Å². The lowest BCUT2D eigenvalue weighted by Gasteiger charge is -2.63. The molecule has 0 aliphatic heterocycles. The van der Waals surface area contributed by atoms with Crippen LogP contribution in [0.5, 0.6) is 0 Å². The SMILES string of the molecule is C=C1C[C@@]23CCC4[C@@](C)(CCC[C@@]4(C)C(=O)OC)C2CCC1C3. The fraction of sp³-hybridized carbons (Fsp3) is 0.857. The number of methoxy groups -OCH3 is 1. The zero-order chi connectivity index (χ0) is 16.5. The van der Waals surface area contributed by atoms with E-state index in [4.69, 9.17) is 4.74 Å². The van der Waals surface area contributed by atoms with Crippen molar-refractivity contribution in [3.8, 4) is 0 Å². The van der Waals surface area contributed by atoms with Crippen LogP contribution in [-0.2, 0) is 9.53 Å². The van der Waals surface area contributed by atoms with Crippen LogP contribution in [0.3, 0.4) is 0 Å². The Morgan fingerprint density at radius 3 is 2.65 bits per heavy atom. The molecule has 2 heteroatoms. The molecule has 4 saturated carbocycles. The molecule has 2 bridgehead atoms. The maximum atomic E-state index is 12.6. The molecule has 2 nitrogen and oxygen atoms in total. The lowest BCUT2D eigenvalue weighted by atomic mass is 9.41. The van der Waals surface area contributed by atoms with Crippen LogP contribution in [0.2, 0.25) is 0 Å². The highest BCUT2D eigenvalue weighted by Gasteiger charge is 2.65. The Labute approximate surface area is 141 Å². The highest BCUT2D eigenvalue weighted by atomic mass is 16.5. The van der Waals surface area contributed by atoms with Gasteiger partial charge in [0.15, 0.2) is 0 Å². The third kappa shape index (κ3) is 1.90. The van der Waals surface area contributed by atoms with Gasteiger partial charge < -0.3 is 4.74 Å². The van der Waals surface area contributed by atoms with Crippen LogP contribution in [0.15, 0.2) is 12.2 Å². The second-order valence-corrected chi connectivity index (χ2v) is 9.59. The predicted octanol–water partition coefficient (Wildman–Crippen LogP) is 5.13. The summed E-state index contributed by atoms with van der Waals surface area (Å²) >= 11 is 0. The van der Waals surface area contributed by atoms with Crippen molar-refractivity contribution in [3.05, 3.63) is 12.2 Å². The van der Waals surface area contributed by atoms with Gasteiger partial charge in [0.05, 0.1) is 12.5 Å². The number of carbonyl (C=O) groups is 1. The van der Waals surface area contributed by atoms with Crippen LogP contribution < -0.4 is 0 Å². The van der Waals surface area contributed by atoms with Gasteiger partial charge in [-0.3, -0.25) is 4.79 Å². The number of rotatable bonds is 1. The van der Waals surface area contributed by atoms with E-state index in [-0.39, 0.29) is 11.4 Å². The number of carbonyl (C=O) groups excluding carboxylic acids is 1. The molecule has 0 radical (unpaired) electrons. The first-order valence-electron chi connectivity index (χ1n) is 9.62. The fourth-order valence-electron chi connectivity index (χ4n) is 7.83. The van der Waals surface area contributed by atoms with Crippen molar-refractivity contribution in [1.82, 2.24) is 0 Å². The molecule has 0 aromatic rings. The fourth-order valence-corrected chi connectivity index (χ4v) is 7.83. The number of fused-ring (bicyclic) bond motifs is 3. The van der Waals surface area contributed by atoms with Crippen LogP contribution >= 0.6 is 0 Å². The molecule has 3 unspecified atom stereocenters. The lowest BCUT2D eigenvalue weighted by Crippen LogP contribution is -2.58. The minimum absolute atomic E-state index is 0.0360. The summed E-state index contributed by atoms with van der Waals surface area (Å²) in [6, 6.07) is 0. The zero-order valence-electron chi connectivity index (χ0n) is 15.1. The van der Waals surface area contributed by atoms with Crippen LogP contribution in [0.4, 0.5) is 0 Å². The van der Waals surface area contributed by atoms with E-state index in [1.165, 1.54) is 56.9 Å². The molecule has 0 saturated heterocycles. The highest BCUT2D eigenvalue weighted by molar-refractivity contribution is 5.77. The minimum atomic E-state index is -0.268. The Bertz CT molecular complexity index is 552. The summed E-state index contributed by atoms with van der Waals surface area (Å²) in [5.41, 5.74) is 2.09. The summed E-state index contributed by atoms with van der Waals surface area (Å²) in [5.74, 6) is 2.11. The van der Waals surface area contributed by atoms with Gasteiger partial charge in [0.25, 0.3) is 0 Å². The van der Waals surface area contributed by atoms with Crippen molar-refractivity contribution in [1.29, 1.82) is 0 Å². The molecule has 0 aromatic heterocycles. The van der Waals surface area contributed by atoms with E-state index in [9.17, 15) is 4.79 Å². The Morgan fingerprint density at radius 1 is 1.13 bits per heavy atom. The van der Waals surface area contributed by atoms with Crippen molar-refractivity contribution < 1.29 is 9.53 Å². The second kappa shape index (κ2) is 4.86. The summed E-state index contributed by atoms with van der Waals surface area (Å²) < 4.78 is 5.25. The van der Waals surface area contributed by atoms with Gasteiger partial charge in [-0.25, -0.2) is 0 Å². The van der Waals surface area contributed by atoms with E-state index >= 15 is 0 Å². The van der Waals surface area contributed by atoms with Crippen LogP contribution in [0, 0.1) is 34.0 Å². The van der Waals surface area contributed by atoms with Gasteiger partial charge in [0.2, 0.25) is 0 Å². The lowest BCUT2D eigenvalue weighted by molar-refractivity contribution is -0.183. The normalized spacial score (nSPS) is 51.8. The van der Waals surface area contributed by atoms with Crippen molar-refractivity contribution in [2.75, 3.05) is 7.11 Å². The summed E-state index contributed by atoms with van der Waals surface area (Å²) in [5, 5.41) is 0. The van der Waals surface area contributed by atoms with Crippen molar-refractivity contribution >= 4 is 5.97 Å². The maximum Gasteiger partial charge on any atom is 0.311 e. The monoisotopic (exact) mass is 316 g/mol. The van der Waals surface area contributed by atoms with E-state index in [0.717, 1.165) is 18.3 Å². The molecule has 6 atom stereocenters. The molecule has 4 aliphatic rings. The minimum Gasteiger partial charge on any atom is -0.469 e. The molecule has 4 rings (SSSR count). The number of esters is 1. The Kier molecular flexibility index (Phi) is 3.32. The van der Waals surface area contributed by atoms with E-state index in [0.29, 0.717) is 16.7 Å². The molecule has 4 fully saturated rings. The van der Waals surface area contributed by atoms with Crippen LogP contribution in [-0.4, -0.2) is 13.1 Å². The first kappa shape index (κ1) is 15.7. The number of hydrogen-bond donors (Lipinski definition) is 0. The topological polar surface area (TPSA) is 26.3 Å². The Balaban J connectivity index is 1.73. The van der Waals surface area contributed by atoms with E-state index < -0.39 is 0 Å². The third-order valence-corrected chi connectivity index (χ3v) is 8.71. The summed E-state index contributed by atoms with van der Waals surface area (Å²) in [7, 11) is 1.57. The molecule has 0 heterocycles. The molecule has 0 aromatic carbocycles. The Hall–Kier alpha value is -0.790. The van der Waals surface area contributed by atoms with Crippen molar-refractivity contribution in [3.63, 3.8) is 0 Å². The van der Waals surface area contributed by atoms with Gasteiger partial charge in [0, 0.05) is 0 Å². The van der Waals surface area contributed by atoms with Gasteiger partial charge in [-0.15, -0.1) is 0 Å².